The molecular weight excluding hydrogens is 787 g/mol. The summed E-state index contributed by atoms with van der Waals surface area (Å²) in [5.41, 5.74) is 22.3. The van der Waals surface area contributed by atoms with E-state index in [4.69, 9.17) is 4.42 Å². The molecule has 1 aliphatic rings. The Kier molecular flexibility index (Phi) is 9.21. The molecule has 0 amide bonds. The second-order valence-corrected chi connectivity index (χ2v) is 17.7. The van der Waals surface area contributed by atoms with Crippen molar-refractivity contribution in [2.75, 3.05) is 4.90 Å². The van der Waals surface area contributed by atoms with Crippen molar-refractivity contribution in [3.05, 3.63) is 248 Å². The summed E-state index contributed by atoms with van der Waals surface area (Å²) in [4.78, 5) is 2.40. The van der Waals surface area contributed by atoms with E-state index in [2.05, 4.69) is 243 Å². The van der Waals surface area contributed by atoms with Gasteiger partial charge in [-0.15, -0.1) is 0 Å². The average molecular weight is 832 g/mol. The normalized spacial score (nSPS) is 12.6. The first-order chi connectivity index (χ1) is 31.9. The predicted molar refractivity (Wildman–Crippen MR) is 273 cm³/mol. The minimum atomic E-state index is -0.180. The number of rotatable bonds is 8. The van der Waals surface area contributed by atoms with Gasteiger partial charge in [-0.3, -0.25) is 0 Å². The zero-order chi connectivity index (χ0) is 43.5. The molecule has 1 aromatic heterocycles. The van der Waals surface area contributed by atoms with E-state index >= 15 is 0 Å². The highest BCUT2D eigenvalue weighted by Gasteiger charge is 2.36. The molecule has 0 saturated heterocycles. The van der Waals surface area contributed by atoms with Crippen LogP contribution in [0.5, 0.6) is 0 Å². The van der Waals surface area contributed by atoms with E-state index in [1.165, 1.54) is 77.9 Å². The highest BCUT2D eigenvalue weighted by Crippen LogP contribution is 2.52. The number of fused-ring (bicyclic) bond motifs is 6. The Bertz CT molecular complexity index is 3510. The van der Waals surface area contributed by atoms with Gasteiger partial charge in [0.05, 0.1) is 0 Å². The summed E-state index contributed by atoms with van der Waals surface area (Å²) in [7, 11) is 0. The highest BCUT2D eigenvalue weighted by molar-refractivity contribution is 6.06. The molecule has 0 unspecified atom stereocenters. The van der Waals surface area contributed by atoms with E-state index in [0.717, 1.165) is 39.0 Å². The van der Waals surface area contributed by atoms with Crippen LogP contribution >= 0.6 is 0 Å². The molecule has 0 atom stereocenters. The van der Waals surface area contributed by atoms with Gasteiger partial charge in [0.25, 0.3) is 0 Å². The van der Waals surface area contributed by atoms with Gasteiger partial charge in [-0.2, -0.15) is 0 Å². The number of furan rings is 1. The monoisotopic (exact) mass is 831 g/mol. The maximum absolute atomic E-state index is 6.10. The second-order valence-electron chi connectivity index (χ2n) is 17.7. The minimum absolute atomic E-state index is 0.180. The van der Waals surface area contributed by atoms with Gasteiger partial charge in [0, 0.05) is 33.2 Å². The van der Waals surface area contributed by atoms with Crippen molar-refractivity contribution in [2.45, 2.75) is 19.3 Å². The molecule has 65 heavy (non-hydrogen) atoms. The maximum atomic E-state index is 6.10. The Balaban J connectivity index is 0.885. The molecule has 0 radical (unpaired) electrons. The van der Waals surface area contributed by atoms with E-state index in [1.54, 1.807) is 0 Å². The number of benzene rings is 10. The third-order valence-corrected chi connectivity index (χ3v) is 13.5. The van der Waals surface area contributed by atoms with Gasteiger partial charge >= 0.3 is 0 Å². The van der Waals surface area contributed by atoms with Crippen LogP contribution in [-0.4, -0.2) is 0 Å². The van der Waals surface area contributed by atoms with E-state index in [0.29, 0.717) is 0 Å². The third kappa shape index (κ3) is 6.83. The molecule has 12 rings (SSSR count). The molecule has 0 saturated carbocycles. The molecule has 0 aliphatic heterocycles. The Morgan fingerprint density at radius 2 is 0.662 bits per heavy atom. The summed E-state index contributed by atoms with van der Waals surface area (Å²) in [5, 5.41) is 2.29. The molecule has 1 heterocycles. The predicted octanol–water partition coefficient (Wildman–Crippen LogP) is 17.7. The standard InChI is InChI=1S/C63H45NO/c1-63(2)59-40-51(43-13-7-4-8-14-43)29-36-55(59)56-37-35-54(41-60(56)63)64(52-31-25-47(26-32-52)45-19-17-44(18-20-45)42-11-5-3-6-12-42)53-33-27-48(28-34-53)46-21-23-49(24-22-46)50-30-38-62-58(39-50)57-15-9-10-16-61(57)65-62/h3-41H,1-2H3. The van der Waals surface area contributed by atoms with Gasteiger partial charge in [-0.25, -0.2) is 0 Å². The van der Waals surface area contributed by atoms with Crippen LogP contribution in [0.3, 0.4) is 0 Å². The fourth-order valence-corrected chi connectivity index (χ4v) is 9.97. The summed E-state index contributed by atoms with van der Waals surface area (Å²) in [6.07, 6.45) is 0. The molecule has 308 valence electrons. The van der Waals surface area contributed by atoms with Crippen LogP contribution in [0.4, 0.5) is 17.1 Å². The van der Waals surface area contributed by atoms with Crippen molar-refractivity contribution >= 4 is 39.0 Å². The lowest BCUT2D eigenvalue weighted by Gasteiger charge is -2.28. The number of para-hydroxylation sites is 1. The van der Waals surface area contributed by atoms with Crippen molar-refractivity contribution in [3.63, 3.8) is 0 Å². The second kappa shape index (κ2) is 15.6. The Labute approximate surface area is 380 Å². The maximum Gasteiger partial charge on any atom is 0.135 e. The van der Waals surface area contributed by atoms with Gasteiger partial charge < -0.3 is 9.32 Å². The number of hydrogen-bond acceptors (Lipinski definition) is 2. The molecule has 1 aliphatic carbocycles. The first-order valence-electron chi connectivity index (χ1n) is 22.5. The third-order valence-electron chi connectivity index (χ3n) is 13.5. The molecule has 10 aromatic carbocycles. The summed E-state index contributed by atoms with van der Waals surface area (Å²) in [6, 6.07) is 85.9. The topological polar surface area (TPSA) is 16.4 Å². The molecule has 2 heteroatoms. The van der Waals surface area contributed by atoms with Gasteiger partial charge in [-0.05, 0) is 139 Å². The van der Waals surface area contributed by atoms with Crippen LogP contribution < -0.4 is 4.90 Å². The average Bonchev–Trinajstić information content (AvgIpc) is 3.85. The van der Waals surface area contributed by atoms with Gasteiger partial charge in [0.15, 0.2) is 0 Å². The SMILES string of the molecule is CC1(C)c2cc(-c3ccccc3)ccc2-c2ccc(N(c3ccc(-c4ccc(-c5ccccc5)cc4)cc3)c3ccc(-c4ccc(-c5ccc6oc7ccccc7c6c5)cc4)cc3)cc21. The van der Waals surface area contributed by atoms with Crippen LogP contribution in [0.1, 0.15) is 25.0 Å². The summed E-state index contributed by atoms with van der Waals surface area (Å²) >= 11 is 0. The molecule has 11 aromatic rings. The lowest BCUT2D eigenvalue weighted by atomic mass is 9.81. The Morgan fingerprint density at radius 1 is 0.292 bits per heavy atom. The van der Waals surface area contributed by atoms with Crippen molar-refractivity contribution in [2.24, 2.45) is 0 Å². The first-order valence-corrected chi connectivity index (χ1v) is 22.5. The van der Waals surface area contributed by atoms with Crippen LogP contribution in [0.15, 0.2) is 241 Å². The minimum Gasteiger partial charge on any atom is -0.456 e. The number of nitrogens with zero attached hydrogens (tertiary/aromatic N) is 1. The van der Waals surface area contributed by atoms with Crippen molar-refractivity contribution < 1.29 is 4.42 Å². The smallest absolute Gasteiger partial charge is 0.135 e. The van der Waals surface area contributed by atoms with E-state index in [1.807, 2.05) is 12.1 Å². The molecule has 0 N–H and O–H groups in total. The highest BCUT2D eigenvalue weighted by atomic mass is 16.3. The quantitative estimate of drug-likeness (QED) is 0.152. The zero-order valence-corrected chi connectivity index (χ0v) is 36.4. The van der Waals surface area contributed by atoms with E-state index in [9.17, 15) is 0 Å². The molecule has 0 spiro atoms. The van der Waals surface area contributed by atoms with Crippen molar-refractivity contribution in [1.82, 2.24) is 0 Å². The van der Waals surface area contributed by atoms with E-state index < -0.39 is 0 Å². The van der Waals surface area contributed by atoms with Crippen LogP contribution in [0, 0.1) is 0 Å². The summed E-state index contributed by atoms with van der Waals surface area (Å²) in [5.74, 6) is 0. The lowest BCUT2D eigenvalue weighted by molar-refractivity contribution is 0.660. The van der Waals surface area contributed by atoms with Gasteiger partial charge in [0.1, 0.15) is 11.2 Å². The van der Waals surface area contributed by atoms with Gasteiger partial charge in [0.2, 0.25) is 0 Å². The van der Waals surface area contributed by atoms with Crippen LogP contribution in [0.2, 0.25) is 0 Å². The first kappa shape index (κ1) is 38.5. The van der Waals surface area contributed by atoms with Gasteiger partial charge in [-0.1, -0.05) is 190 Å². The Morgan fingerprint density at radius 3 is 1.23 bits per heavy atom. The molecule has 0 fully saturated rings. The molecule has 2 nitrogen and oxygen atoms in total. The number of anilines is 3. The summed E-state index contributed by atoms with van der Waals surface area (Å²) < 4.78 is 6.10. The molecular formula is C63H45NO. The summed E-state index contributed by atoms with van der Waals surface area (Å²) in [6.45, 7) is 4.74. The largest absolute Gasteiger partial charge is 0.456 e. The van der Waals surface area contributed by atoms with Crippen molar-refractivity contribution in [3.8, 4) is 66.8 Å². The van der Waals surface area contributed by atoms with Crippen LogP contribution in [-0.2, 0) is 5.41 Å². The fourth-order valence-electron chi connectivity index (χ4n) is 9.97. The van der Waals surface area contributed by atoms with E-state index in [-0.39, 0.29) is 5.41 Å². The molecule has 0 bridgehead atoms. The zero-order valence-electron chi connectivity index (χ0n) is 36.4. The number of hydrogen-bond donors (Lipinski definition) is 0. The van der Waals surface area contributed by atoms with Crippen LogP contribution in [0.25, 0.3) is 88.7 Å². The lowest BCUT2D eigenvalue weighted by Crippen LogP contribution is -2.16. The fraction of sp³-hybridized carbons (Fsp3) is 0.0476. The Hall–Kier alpha value is -8.20. The van der Waals surface area contributed by atoms with Crippen molar-refractivity contribution in [1.29, 1.82) is 0 Å².